The molecule has 0 spiro atoms. The topological polar surface area (TPSA) is 111 Å². The Morgan fingerprint density at radius 3 is 1.75 bits per heavy atom. The van der Waals surface area contributed by atoms with Crippen LogP contribution in [0.3, 0.4) is 0 Å². The van der Waals surface area contributed by atoms with E-state index in [0.29, 0.717) is 39.5 Å². The predicted molar refractivity (Wildman–Crippen MR) is 125 cm³/mol. The number of terminal acetylenes is 2. The highest BCUT2D eigenvalue weighted by Gasteiger charge is 2.15. The van der Waals surface area contributed by atoms with Gasteiger partial charge in [-0.3, -0.25) is 0 Å². The van der Waals surface area contributed by atoms with Gasteiger partial charge in [-0.1, -0.05) is 17.9 Å². The maximum absolute atomic E-state index is 9.62. The van der Waals surface area contributed by atoms with Gasteiger partial charge in [0.2, 0.25) is 0 Å². The van der Waals surface area contributed by atoms with Crippen LogP contribution in [0.5, 0.6) is 34.5 Å². The summed E-state index contributed by atoms with van der Waals surface area (Å²) in [4.78, 5) is 0. The molecule has 0 atom stereocenters. The number of benzene rings is 4. The monoisotopic (exact) mass is 422 g/mol. The molecule has 0 saturated heterocycles. The average molecular weight is 422 g/mol. The lowest BCUT2D eigenvalue weighted by atomic mass is 9.98. The molecule has 0 saturated carbocycles. The first kappa shape index (κ1) is 20.3. The van der Waals surface area contributed by atoms with E-state index in [0.717, 1.165) is 5.39 Å². The van der Waals surface area contributed by atoms with Gasteiger partial charge in [0.25, 0.3) is 0 Å². The largest absolute Gasteiger partial charge is 0.506 e. The number of nitrogens with two attached hydrogens (primary N) is 2. The molecule has 0 fully saturated rings. The van der Waals surface area contributed by atoms with Gasteiger partial charge in [-0.25, -0.2) is 0 Å². The smallest absolute Gasteiger partial charge is 0.144 e. The third-order valence-electron chi connectivity index (χ3n) is 4.83. The van der Waals surface area contributed by atoms with Gasteiger partial charge in [-0.15, -0.1) is 12.8 Å². The molecule has 4 aromatic rings. The van der Waals surface area contributed by atoms with Gasteiger partial charge in [-0.2, -0.15) is 0 Å². The fourth-order valence-corrected chi connectivity index (χ4v) is 3.24. The normalized spacial score (nSPS) is 10.3. The minimum absolute atomic E-state index is 0.0212. The van der Waals surface area contributed by atoms with Gasteiger partial charge in [0, 0.05) is 17.5 Å². The first-order valence-electron chi connectivity index (χ1n) is 9.46. The third-order valence-corrected chi connectivity index (χ3v) is 4.83. The zero-order chi connectivity index (χ0) is 22.8. The molecule has 0 heterocycles. The van der Waals surface area contributed by atoms with Crippen LogP contribution < -0.4 is 20.9 Å². The Bertz CT molecular complexity index is 1450. The molecule has 6 N–H and O–H groups in total. The third kappa shape index (κ3) is 3.77. The Morgan fingerprint density at radius 1 is 0.656 bits per heavy atom. The number of hydrogen-bond donors (Lipinski definition) is 4. The number of ether oxygens (including phenoxy) is 2. The number of nitrogen functional groups attached to an aromatic ring is 2. The number of anilines is 2. The van der Waals surface area contributed by atoms with E-state index in [-0.39, 0.29) is 22.9 Å². The van der Waals surface area contributed by atoms with E-state index >= 15 is 0 Å². The summed E-state index contributed by atoms with van der Waals surface area (Å²) in [6.45, 7) is 0. The van der Waals surface area contributed by atoms with Gasteiger partial charge in [0.15, 0.2) is 0 Å². The summed E-state index contributed by atoms with van der Waals surface area (Å²) in [6, 6.07) is 16.2. The quantitative estimate of drug-likeness (QED) is 0.210. The number of phenolic OH excluding ortho intramolecular Hbond substituents is 2. The Labute approximate surface area is 184 Å². The van der Waals surface area contributed by atoms with Crippen LogP contribution in [0.15, 0.2) is 60.7 Å². The Kier molecular flexibility index (Phi) is 5.12. The lowest BCUT2D eigenvalue weighted by molar-refractivity contribution is 0.466. The van der Waals surface area contributed by atoms with Gasteiger partial charge in [-0.05, 0) is 47.9 Å². The maximum Gasteiger partial charge on any atom is 0.144 e. The summed E-state index contributed by atoms with van der Waals surface area (Å²) in [5.41, 5.74) is 12.7. The maximum atomic E-state index is 9.62. The van der Waals surface area contributed by atoms with Crippen LogP contribution in [0, 0.1) is 24.7 Å². The molecule has 6 heteroatoms. The molecule has 0 amide bonds. The summed E-state index contributed by atoms with van der Waals surface area (Å²) in [5, 5.41) is 20.7. The molecule has 4 aromatic carbocycles. The van der Waals surface area contributed by atoms with Crippen LogP contribution in [0.1, 0.15) is 11.1 Å². The van der Waals surface area contributed by atoms with Crippen molar-refractivity contribution in [3.05, 3.63) is 71.8 Å². The molecule has 32 heavy (non-hydrogen) atoms. The molecule has 0 aromatic heterocycles. The first-order chi connectivity index (χ1) is 15.4. The van der Waals surface area contributed by atoms with Crippen molar-refractivity contribution >= 4 is 22.1 Å². The van der Waals surface area contributed by atoms with Crippen molar-refractivity contribution in [3.8, 4) is 59.2 Å². The summed E-state index contributed by atoms with van der Waals surface area (Å²) in [5.74, 6) is 6.96. The van der Waals surface area contributed by atoms with E-state index in [2.05, 4.69) is 11.8 Å². The summed E-state index contributed by atoms with van der Waals surface area (Å²) < 4.78 is 11.8. The second kappa shape index (κ2) is 8.06. The van der Waals surface area contributed by atoms with E-state index in [9.17, 15) is 10.2 Å². The Morgan fingerprint density at radius 2 is 1.19 bits per heavy atom. The lowest BCUT2D eigenvalue weighted by Gasteiger charge is -2.14. The van der Waals surface area contributed by atoms with Gasteiger partial charge >= 0.3 is 0 Å². The minimum atomic E-state index is -0.0414. The van der Waals surface area contributed by atoms with Crippen LogP contribution in [0.4, 0.5) is 11.4 Å². The van der Waals surface area contributed by atoms with E-state index in [1.54, 1.807) is 30.3 Å². The van der Waals surface area contributed by atoms with E-state index in [1.165, 1.54) is 24.3 Å². The first-order valence-corrected chi connectivity index (χ1v) is 9.46. The second-order valence-corrected chi connectivity index (χ2v) is 6.94. The lowest BCUT2D eigenvalue weighted by Crippen LogP contribution is -1.95. The number of aromatic hydroxyl groups is 2. The number of hydrogen-bond acceptors (Lipinski definition) is 6. The molecule has 156 valence electrons. The number of phenols is 2. The molecule has 0 bridgehead atoms. The molecule has 0 aliphatic heterocycles. The summed E-state index contributed by atoms with van der Waals surface area (Å²) in [6.07, 6.45) is 11.6. The molecular weight excluding hydrogens is 404 g/mol. The highest BCUT2D eigenvalue weighted by molar-refractivity contribution is 5.93. The van der Waals surface area contributed by atoms with Crippen molar-refractivity contribution in [3.63, 3.8) is 0 Å². The highest BCUT2D eigenvalue weighted by atomic mass is 16.5. The fourth-order valence-electron chi connectivity index (χ4n) is 3.24. The van der Waals surface area contributed by atoms with Crippen LogP contribution in [0.25, 0.3) is 10.8 Å². The van der Waals surface area contributed by atoms with Crippen LogP contribution in [-0.2, 0) is 0 Å². The molecule has 4 rings (SSSR count). The molecular formula is C26H18N2O4. The summed E-state index contributed by atoms with van der Waals surface area (Å²) >= 11 is 0. The standard InChI is InChI=1S/C26H18N2O4/c1-3-19-20(4-2)26(32-18-8-10-25(30)23(28)14-18)11-15-5-6-16(12-21(15)19)31-17-7-9-24(29)22(27)13-17/h1-2,5-14,29-30H,27-28H2. The van der Waals surface area contributed by atoms with Crippen LogP contribution in [0.2, 0.25) is 0 Å². The van der Waals surface area contributed by atoms with E-state index in [1.807, 2.05) is 6.07 Å². The SMILES string of the molecule is C#Cc1c(Oc2ccc(O)c(N)c2)cc2ccc(Oc3ccc(O)c(N)c3)cc2c1C#C. The zero-order valence-corrected chi connectivity index (χ0v) is 16.8. The second-order valence-electron chi connectivity index (χ2n) is 6.94. The zero-order valence-electron chi connectivity index (χ0n) is 16.8. The predicted octanol–water partition coefficient (Wildman–Crippen LogP) is 4.96. The van der Waals surface area contributed by atoms with Crippen LogP contribution >= 0.6 is 0 Å². The highest BCUT2D eigenvalue weighted by Crippen LogP contribution is 2.37. The van der Waals surface area contributed by atoms with Gasteiger partial charge in [0.05, 0.1) is 22.5 Å². The van der Waals surface area contributed by atoms with Crippen molar-refractivity contribution in [1.29, 1.82) is 0 Å². The van der Waals surface area contributed by atoms with Crippen molar-refractivity contribution in [1.82, 2.24) is 0 Å². The van der Waals surface area contributed by atoms with Crippen molar-refractivity contribution in [2.75, 3.05) is 11.5 Å². The van der Waals surface area contributed by atoms with Crippen molar-refractivity contribution in [2.45, 2.75) is 0 Å². The van der Waals surface area contributed by atoms with Crippen molar-refractivity contribution < 1.29 is 19.7 Å². The number of rotatable bonds is 4. The fraction of sp³-hybridized carbons (Fsp3) is 0. The summed E-state index contributed by atoms with van der Waals surface area (Å²) in [7, 11) is 0. The molecule has 6 nitrogen and oxygen atoms in total. The van der Waals surface area contributed by atoms with E-state index in [4.69, 9.17) is 33.8 Å². The average Bonchev–Trinajstić information content (AvgIpc) is 2.78. The van der Waals surface area contributed by atoms with Crippen LogP contribution in [-0.4, -0.2) is 10.2 Å². The van der Waals surface area contributed by atoms with E-state index < -0.39 is 0 Å². The minimum Gasteiger partial charge on any atom is -0.506 e. The molecule has 0 aliphatic rings. The van der Waals surface area contributed by atoms with Gasteiger partial charge in [0.1, 0.15) is 34.5 Å². The van der Waals surface area contributed by atoms with Gasteiger partial charge < -0.3 is 31.2 Å². The Balaban J connectivity index is 1.77. The van der Waals surface area contributed by atoms with Crippen molar-refractivity contribution in [2.24, 2.45) is 0 Å². The number of fused-ring (bicyclic) bond motifs is 1. The molecule has 0 aliphatic carbocycles. The molecule has 0 radical (unpaired) electrons. The Hall–Kier alpha value is -4.94. The molecule has 0 unspecified atom stereocenters.